The highest BCUT2D eigenvalue weighted by atomic mass is 32.2. The molecule has 25 heavy (non-hydrogen) atoms. The predicted octanol–water partition coefficient (Wildman–Crippen LogP) is 1.62. The van der Waals surface area contributed by atoms with Gasteiger partial charge in [0.15, 0.2) is 4.90 Å². The Balaban J connectivity index is 1.83. The molecule has 2 aliphatic heterocycles. The van der Waals surface area contributed by atoms with Gasteiger partial charge in [-0.2, -0.15) is 4.31 Å². The zero-order valence-corrected chi connectivity index (χ0v) is 14.7. The van der Waals surface area contributed by atoms with Crippen LogP contribution >= 0.6 is 0 Å². The molecular formula is C16H21N3O5S. The van der Waals surface area contributed by atoms with Gasteiger partial charge in [0.1, 0.15) is 0 Å². The summed E-state index contributed by atoms with van der Waals surface area (Å²) in [7, 11) is -4.01. The van der Waals surface area contributed by atoms with Gasteiger partial charge in [0.05, 0.1) is 10.8 Å². The first kappa shape index (κ1) is 17.8. The highest BCUT2D eigenvalue weighted by Crippen LogP contribution is 2.30. The number of nitro benzene ring substituents is 1. The standard InChI is InChI=1S/C16H21N3O5S/c20-16(17-9-3-4-10-17)13-6-5-11-18(12-13)25(23,24)15-8-2-1-7-14(15)19(21)22/h1-2,7-8,13H,3-6,9-12H2/t13-/m0/s1. The third-order valence-electron chi connectivity index (χ3n) is 4.83. The van der Waals surface area contributed by atoms with E-state index in [-0.39, 0.29) is 29.8 Å². The molecule has 2 aliphatic rings. The summed E-state index contributed by atoms with van der Waals surface area (Å²) in [5.74, 6) is -0.371. The molecule has 8 nitrogen and oxygen atoms in total. The fourth-order valence-electron chi connectivity index (χ4n) is 3.52. The third kappa shape index (κ3) is 3.52. The minimum atomic E-state index is -4.01. The predicted molar refractivity (Wildman–Crippen MR) is 90.4 cm³/mol. The van der Waals surface area contributed by atoms with Crippen LogP contribution in [-0.4, -0.2) is 54.6 Å². The largest absolute Gasteiger partial charge is 0.342 e. The van der Waals surface area contributed by atoms with Crippen LogP contribution in [0.2, 0.25) is 0 Å². The molecule has 1 aromatic carbocycles. The normalized spacial score (nSPS) is 22.1. The van der Waals surface area contributed by atoms with Gasteiger partial charge < -0.3 is 4.90 Å². The number of hydrogen-bond acceptors (Lipinski definition) is 5. The number of nitrogens with zero attached hydrogens (tertiary/aromatic N) is 3. The Labute approximate surface area is 146 Å². The molecule has 1 amide bonds. The van der Waals surface area contributed by atoms with Crippen LogP contribution < -0.4 is 0 Å². The van der Waals surface area contributed by atoms with Crippen LogP contribution in [0.3, 0.4) is 0 Å². The topological polar surface area (TPSA) is 101 Å². The Morgan fingerprint density at radius 2 is 1.80 bits per heavy atom. The first-order valence-corrected chi connectivity index (χ1v) is 9.87. The summed E-state index contributed by atoms with van der Waals surface area (Å²) in [5.41, 5.74) is -0.435. The van der Waals surface area contributed by atoms with E-state index in [0.717, 1.165) is 25.9 Å². The van der Waals surface area contributed by atoms with Crippen molar-refractivity contribution in [3.8, 4) is 0 Å². The molecule has 3 rings (SSSR count). The number of benzene rings is 1. The molecule has 0 radical (unpaired) electrons. The lowest BCUT2D eigenvalue weighted by Gasteiger charge is -2.33. The number of nitro groups is 1. The molecule has 0 bridgehead atoms. The summed E-state index contributed by atoms with van der Waals surface area (Å²) >= 11 is 0. The van der Waals surface area contributed by atoms with Crippen molar-refractivity contribution in [3.63, 3.8) is 0 Å². The van der Waals surface area contributed by atoms with Gasteiger partial charge in [-0.3, -0.25) is 14.9 Å². The van der Waals surface area contributed by atoms with Crippen LogP contribution in [0.15, 0.2) is 29.2 Å². The molecule has 0 N–H and O–H groups in total. The number of carbonyl (C=O) groups is 1. The van der Waals surface area contributed by atoms with E-state index in [2.05, 4.69) is 0 Å². The zero-order chi connectivity index (χ0) is 18.0. The molecule has 136 valence electrons. The first-order chi connectivity index (χ1) is 11.9. The number of hydrogen-bond donors (Lipinski definition) is 0. The lowest BCUT2D eigenvalue weighted by molar-refractivity contribution is -0.387. The summed E-state index contributed by atoms with van der Waals surface area (Å²) < 4.78 is 27.0. The van der Waals surface area contributed by atoms with Crippen LogP contribution in [0, 0.1) is 16.0 Å². The van der Waals surface area contributed by atoms with E-state index in [9.17, 15) is 23.3 Å². The molecule has 0 aliphatic carbocycles. The number of amides is 1. The van der Waals surface area contributed by atoms with Crippen molar-refractivity contribution in [1.29, 1.82) is 0 Å². The fourth-order valence-corrected chi connectivity index (χ4v) is 5.20. The maximum absolute atomic E-state index is 12.9. The molecule has 1 atom stereocenters. The van der Waals surface area contributed by atoms with Gasteiger partial charge in [0.2, 0.25) is 15.9 Å². The first-order valence-electron chi connectivity index (χ1n) is 8.43. The molecule has 1 aromatic rings. The van der Waals surface area contributed by atoms with Crippen LogP contribution in [0.5, 0.6) is 0 Å². The summed E-state index contributed by atoms with van der Waals surface area (Å²) in [6.45, 7) is 1.82. The van der Waals surface area contributed by atoms with E-state index in [1.807, 2.05) is 0 Å². The van der Waals surface area contributed by atoms with Crippen LogP contribution in [0.1, 0.15) is 25.7 Å². The van der Waals surface area contributed by atoms with Crippen molar-refractivity contribution in [1.82, 2.24) is 9.21 Å². The van der Waals surface area contributed by atoms with E-state index in [1.54, 1.807) is 4.90 Å². The van der Waals surface area contributed by atoms with Crippen molar-refractivity contribution in [2.75, 3.05) is 26.2 Å². The van der Waals surface area contributed by atoms with Crippen molar-refractivity contribution in [3.05, 3.63) is 34.4 Å². The summed E-state index contributed by atoms with van der Waals surface area (Å²) in [6.07, 6.45) is 3.19. The molecule has 0 saturated carbocycles. The Bertz CT molecular complexity index is 774. The summed E-state index contributed by atoms with van der Waals surface area (Å²) in [4.78, 5) is 24.5. The molecular weight excluding hydrogens is 346 g/mol. The van der Waals surface area contributed by atoms with Crippen LogP contribution in [-0.2, 0) is 14.8 Å². The minimum Gasteiger partial charge on any atom is -0.342 e. The minimum absolute atomic E-state index is 0.0000357. The van der Waals surface area contributed by atoms with Gasteiger partial charge in [0, 0.05) is 32.2 Å². The summed E-state index contributed by atoms with van der Waals surface area (Å²) in [6, 6.07) is 5.34. The Kier molecular flexibility index (Phi) is 5.05. The van der Waals surface area contributed by atoms with E-state index in [0.29, 0.717) is 12.8 Å². The lowest BCUT2D eigenvalue weighted by atomic mass is 9.98. The second-order valence-electron chi connectivity index (χ2n) is 6.46. The number of rotatable bonds is 4. The van der Waals surface area contributed by atoms with E-state index in [4.69, 9.17) is 0 Å². The number of likely N-dealkylation sites (tertiary alicyclic amines) is 1. The number of piperidine rings is 1. The van der Waals surface area contributed by atoms with Crippen molar-refractivity contribution >= 4 is 21.6 Å². The van der Waals surface area contributed by atoms with E-state index < -0.39 is 20.6 Å². The number of sulfonamides is 1. The van der Waals surface area contributed by atoms with Crippen LogP contribution in [0.4, 0.5) is 5.69 Å². The number of carbonyl (C=O) groups excluding carboxylic acids is 1. The highest BCUT2D eigenvalue weighted by molar-refractivity contribution is 7.89. The van der Waals surface area contributed by atoms with E-state index in [1.165, 1.54) is 28.6 Å². The zero-order valence-electron chi connectivity index (χ0n) is 13.8. The SMILES string of the molecule is O=C([C@H]1CCCN(S(=O)(=O)c2ccccc2[N+](=O)[O-])C1)N1CCCC1. The second kappa shape index (κ2) is 7.09. The molecule has 0 spiro atoms. The quantitative estimate of drug-likeness (QED) is 0.594. The average molecular weight is 367 g/mol. The highest BCUT2D eigenvalue weighted by Gasteiger charge is 2.38. The van der Waals surface area contributed by atoms with Crippen LogP contribution in [0.25, 0.3) is 0 Å². The third-order valence-corrected chi connectivity index (χ3v) is 6.74. The molecule has 0 aromatic heterocycles. The molecule has 2 saturated heterocycles. The number of para-hydroxylation sites is 1. The van der Waals surface area contributed by atoms with E-state index >= 15 is 0 Å². The lowest BCUT2D eigenvalue weighted by Crippen LogP contribution is -2.46. The summed E-state index contributed by atoms with van der Waals surface area (Å²) in [5, 5.41) is 11.2. The Morgan fingerprint density at radius 3 is 2.48 bits per heavy atom. The smallest absolute Gasteiger partial charge is 0.289 e. The Hall–Kier alpha value is -2.00. The van der Waals surface area contributed by atoms with Gasteiger partial charge >= 0.3 is 0 Å². The average Bonchev–Trinajstić information content (AvgIpc) is 3.16. The van der Waals surface area contributed by atoms with Gasteiger partial charge in [-0.15, -0.1) is 0 Å². The second-order valence-corrected chi connectivity index (χ2v) is 8.37. The van der Waals surface area contributed by atoms with Gasteiger partial charge in [0.25, 0.3) is 5.69 Å². The Morgan fingerprint density at radius 1 is 1.12 bits per heavy atom. The molecule has 0 unspecified atom stereocenters. The molecule has 2 heterocycles. The fraction of sp³-hybridized carbons (Fsp3) is 0.562. The van der Waals surface area contributed by atoms with Crippen molar-refractivity contribution in [2.45, 2.75) is 30.6 Å². The van der Waals surface area contributed by atoms with Gasteiger partial charge in [-0.1, -0.05) is 12.1 Å². The monoisotopic (exact) mass is 367 g/mol. The maximum atomic E-state index is 12.9. The maximum Gasteiger partial charge on any atom is 0.289 e. The molecule has 2 fully saturated rings. The van der Waals surface area contributed by atoms with Crippen molar-refractivity contribution in [2.24, 2.45) is 5.92 Å². The molecule has 9 heteroatoms. The van der Waals surface area contributed by atoms with Gasteiger partial charge in [-0.25, -0.2) is 8.42 Å². The van der Waals surface area contributed by atoms with Gasteiger partial charge in [-0.05, 0) is 31.7 Å². The van der Waals surface area contributed by atoms with Crippen molar-refractivity contribution < 1.29 is 18.1 Å².